The van der Waals surface area contributed by atoms with Crippen LogP contribution < -0.4 is 5.32 Å². The van der Waals surface area contributed by atoms with E-state index in [0.29, 0.717) is 28.0 Å². The van der Waals surface area contributed by atoms with Gasteiger partial charge < -0.3 is 0 Å². The van der Waals surface area contributed by atoms with Crippen LogP contribution in [0.3, 0.4) is 0 Å². The van der Waals surface area contributed by atoms with Crippen LogP contribution in [0, 0.1) is 12.7 Å². The molecule has 0 atom stereocenters. The van der Waals surface area contributed by atoms with E-state index in [4.69, 9.17) is 11.6 Å². The molecule has 2 aromatic heterocycles. The largest absolute Gasteiger partial charge is 0.296 e. The molecule has 1 amide bonds. The molecule has 0 fully saturated rings. The molecule has 0 saturated carbocycles. The smallest absolute Gasteiger partial charge is 0.279 e. The SMILES string of the molecule is Cc1c(C(=O)Nc2ncc(Cc3ccc(Br)c(Cl)c3)s2)nnn1-c1ccc(F)cc1. The van der Waals surface area contributed by atoms with Gasteiger partial charge in [-0.1, -0.05) is 22.9 Å². The van der Waals surface area contributed by atoms with Crippen LogP contribution in [0.25, 0.3) is 5.69 Å². The number of aromatic nitrogens is 4. The maximum Gasteiger partial charge on any atom is 0.279 e. The summed E-state index contributed by atoms with van der Waals surface area (Å²) >= 11 is 10.9. The zero-order chi connectivity index (χ0) is 21.3. The Morgan fingerprint density at radius 1 is 1.27 bits per heavy atom. The van der Waals surface area contributed by atoms with Gasteiger partial charge in [0.2, 0.25) is 0 Å². The number of nitrogens with zero attached hydrogens (tertiary/aromatic N) is 4. The number of halogens is 3. The lowest BCUT2D eigenvalue weighted by Gasteiger charge is -2.03. The van der Waals surface area contributed by atoms with E-state index in [0.717, 1.165) is 14.9 Å². The first kappa shape index (κ1) is 20.6. The van der Waals surface area contributed by atoms with Gasteiger partial charge in [-0.05, 0) is 64.8 Å². The maximum absolute atomic E-state index is 13.1. The number of carbonyl (C=O) groups excluding carboxylic acids is 1. The number of benzene rings is 2. The number of rotatable bonds is 5. The molecule has 0 unspecified atom stereocenters. The summed E-state index contributed by atoms with van der Waals surface area (Å²) in [7, 11) is 0. The summed E-state index contributed by atoms with van der Waals surface area (Å²) in [6.45, 7) is 1.73. The summed E-state index contributed by atoms with van der Waals surface area (Å²) in [5.41, 5.74) is 2.38. The quantitative estimate of drug-likeness (QED) is 0.392. The van der Waals surface area contributed by atoms with E-state index in [1.165, 1.54) is 28.2 Å². The lowest BCUT2D eigenvalue weighted by molar-refractivity contribution is 0.102. The van der Waals surface area contributed by atoms with Crippen LogP contribution in [0.5, 0.6) is 0 Å². The average molecular weight is 507 g/mol. The van der Waals surface area contributed by atoms with Gasteiger partial charge in [-0.15, -0.1) is 16.4 Å². The van der Waals surface area contributed by atoms with Gasteiger partial charge in [0.25, 0.3) is 5.91 Å². The Labute approximate surface area is 188 Å². The van der Waals surface area contributed by atoms with E-state index in [9.17, 15) is 9.18 Å². The summed E-state index contributed by atoms with van der Waals surface area (Å²) in [5, 5.41) is 11.8. The highest BCUT2D eigenvalue weighted by atomic mass is 79.9. The van der Waals surface area contributed by atoms with Crippen molar-refractivity contribution in [2.75, 3.05) is 5.32 Å². The van der Waals surface area contributed by atoms with Crippen molar-refractivity contribution in [3.05, 3.63) is 85.8 Å². The minimum atomic E-state index is -0.409. The van der Waals surface area contributed by atoms with Gasteiger partial charge in [-0.25, -0.2) is 14.1 Å². The van der Waals surface area contributed by atoms with E-state index in [-0.39, 0.29) is 11.5 Å². The van der Waals surface area contributed by atoms with E-state index in [1.807, 2.05) is 18.2 Å². The molecule has 10 heteroatoms. The van der Waals surface area contributed by atoms with Crippen molar-refractivity contribution in [1.82, 2.24) is 20.0 Å². The normalized spacial score (nSPS) is 10.9. The molecule has 30 heavy (non-hydrogen) atoms. The van der Waals surface area contributed by atoms with E-state index in [2.05, 4.69) is 36.5 Å². The minimum Gasteiger partial charge on any atom is -0.296 e. The molecule has 0 radical (unpaired) electrons. The molecule has 152 valence electrons. The summed E-state index contributed by atoms with van der Waals surface area (Å²) < 4.78 is 15.5. The fourth-order valence-corrected chi connectivity index (χ4v) is 4.11. The summed E-state index contributed by atoms with van der Waals surface area (Å²) in [4.78, 5) is 17.9. The number of thiazole rings is 1. The zero-order valence-electron chi connectivity index (χ0n) is 15.6. The molecule has 2 heterocycles. The Morgan fingerprint density at radius 2 is 2.03 bits per heavy atom. The first-order valence-electron chi connectivity index (χ1n) is 8.79. The first-order chi connectivity index (χ1) is 14.4. The first-order valence-corrected chi connectivity index (χ1v) is 10.8. The van der Waals surface area contributed by atoms with E-state index in [1.54, 1.807) is 25.3 Å². The number of amides is 1. The van der Waals surface area contributed by atoms with E-state index >= 15 is 0 Å². The van der Waals surface area contributed by atoms with Crippen LogP contribution in [0.1, 0.15) is 26.6 Å². The Balaban J connectivity index is 1.47. The lowest BCUT2D eigenvalue weighted by atomic mass is 10.1. The van der Waals surface area contributed by atoms with Crippen LogP contribution in [-0.4, -0.2) is 25.9 Å². The summed E-state index contributed by atoms with van der Waals surface area (Å²) in [5.74, 6) is -0.757. The molecule has 4 aromatic rings. The molecule has 2 aromatic carbocycles. The molecule has 1 N–H and O–H groups in total. The molecular weight excluding hydrogens is 493 g/mol. The topological polar surface area (TPSA) is 72.7 Å². The molecule has 6 nitrogen and oxygen atoms in total. The molecule has 0 spiro atoms. The highest BCUT2D eigenvalue weighted by molar-refractivity contribution is 9.10. The van der Waals surface area contributed by atoms with Crippen molar-refractivity contribution in [1.29, 1.82) is 0 Å². The second-order valence-electron chi connectivity index (χ2n) is 6.42. The number of hydrogen-bond donors (Lipinski definition) is 1. The van der Waals surface area contributed by atoms with Gasteiger partial charge >= 0.3 is 0 Å². The second-order valence-corrected chi connectivity index (χ2v) is 8.80. The molecule has 0 saturated heterocycles. The number of nitrogens with one attached hydrogen (secondary N) is 1. The van der Waals surface area contributed by atoms with Crippen LogP contribution >= 0.6 is 38.9 Å². The van der Waals surface area contributed by atoms with Gasteiger partial charge in [-0.2, -0.15) is 0 Å². The number of anilines is 1. The summed E-state index contributed by atoms with van der Waals surface area (Å²) in [6, 6.07) is 11.6. The number of hydrogen-bond acceptors (Lipinski definition) is 5. The Hall–Kier alpha value is -2.62. The van der Waals surface area contributed by atoms with Crippen molar-refractivity contribution in [3.8, 4) is 5.69 Å². The third-order valence-corrected chi connectivity index (χ3v) is 6.46. The lowest BCUT2D eigenvalue weighted by Crippen LogP contribution is -2.14. The van der Waals surface area contributed by atoms with Gasteiger partial charge in [0, 0.05) is 22.0 Å². The molecule has 0 aliphatic carbocycles. The van der Waals surface area contributed by atoms with Crippen molar-refractivity contribution in [2.24, 2.45) is 0 Å². The fraction of sp³-hybridized carbons (Fsp3) is 0.100. The Bertz CT molecular complexity index is 1220. The highest BCUT2D eigenvalue weighted by Gasteiger charge is 2.19. The predicted molar refractivity (Wildman–Crippen MR) is 118 cm³/mol. The highest BCUT2D eigenvalue weighted by Crippen LogP contribution is 2.27. The average Bonchev–Trinajstić information content (AvgIpc) is 3.32. The maximum atomic E-state index is 13.1. The van der Waals surface area contributed by atoms with Crippen LogP contribution in [0.2, 0.25) is 5.02 Å². The number of carbonyl (C=O) groups is 1. The molecule has 0 bridgehead atoms. The van der Waals surface area contributed by atoms with Crippen molar-refractivity contribution < 1.29 is 9.18 Å². The third kappa shape index (κ3) is 4.43. The molecule has 0 aliphatic heterocycles. The van der Waals surface area contributed by atoms with Crippen LogP contribution in [0.15, 0.2) is 53.1 Å². The predicted octanol–water partition coefficient (Wildman–Crippen LogP) is 5.43. The summed E-state index contributed by atoms with van der Waals surface area (Å²) in [6.07, 6.45) is 2.37. The van der Waals surface area contributed by atoms with Crippen molar-refractivity contribution >= 4 is 49.9 Å². The van der Waals surface area contributed by atoms with Crippen LogP contribution in [0.4, 0.5) is 9.52 Å². The van der Waals surface area contributed by atoms with Crippen molar-refractivity contribution in [2.45, 2.75) is 13.3 Å². The molecule has 0 aliphatic rings. The fourth-order valence-electron chi connectivity index (χ4n) is 2.82. The third-order valence-electron chi connectivity index (χ3n) is 4.32. The van der Waals surface area contributed by atoms with E-state index < -0.39 is 5.91 Å². The second kappa shape index (κ2) is 8.63. The van der Waals surface area contributed by atoms with Crippen molar-refractivity contribution in [3.63, 3.8) is 0 Å². The zero-order valence-corrected chi connectivity index (χ0v) is 18.7. The minimum absolute atomic E-state index is 0.177. The monoisotopic (exact) mass is 505 g/mol. The Kier molecular flexibility index (Phi) is 5.94. The molecule has 4 rings (SSSR count). The van der Waals surface area contributed by atoms with Crippen LogP contribution in [-0.2, 0) is 6.42 Å². The molecular formula is C20H14BrClFN5OS. The standard InChI is InChI=1S/C20H14BrClFN5OS/c1-11-18(26-27-28(11)14-5-3-13(23)4-6-14)19(29)25-20-24-10-15(30-20)8-12-2-7-16(21)17(22)9-12/h2-7,9-10H,8H2,1H3,(H,24,25,29). The van der Waals surface area contributed by atoms with Gasteiger partial charge in [0.05, 0.1) is 16.4 Å². The van der Waals surface area contributed by atoms with Gasteiger partial charge in [-0.3, -0.25) is 10.1 Å². The van der Waals surface area contributed by atoms with Gasteiger partial charge in [0.15, 0.2) is 10.8 Å². The van der Waals surface area contributed by atoms with Gasteiger partial charge in [0.1, 0.15) is 5.82 Å². The Morgan fingerprint density at radius 3 is 2.77 bits per heavy atom.